The van der Waals surface area contributed by atoms with Crippen molar-refractivity contribution in [1.29, 1.82) is 0 Å². The molecule has 0 amide bonds. The Balaban J connectivity index is 1.85. The summed E-state index contributed by atoms with van der Waals surface area (Å²) in [7, 11) is 1.09. The molecule has 3 aromatic rings. The number of ether oxygens (including phenoxy) is 2. The molecule has 13 nitrogen and oxygen atoms in total. The van der Waals surface area contributed by atoms with E-state index < -0.39 is 49.1 Å². The Labute approximate surface area is 201 Å². The average molecular weight is 514 g/mol. The van der Waals surface area contributed by atoms with Gasteiger partial charge in [-0.05, 0) is 29.3 Å². The summed E-state index contributed by atoms with van der Waals surface area (Å²) < 4.78 is 26.4. The van der Waals surface area contributed by atoms with Gasteiger partial charge in [0.2, 0.25) is 11.6 Å². The summed E-state index contributed by atoms with van der Waals surface area (Å²) in [5.41, 5.74) is 2.91. The number of rotatable bonds is 11. The fourth-order valence-electron chi connectivity index (χ4n) is 3.33. The average Bonchev–Trinajstić information content (AvgIpc) is 3.21. The lowest BCUT2D eigenvalue weighted by molar-refractivity contribution is -0.192. The number of aliphatic carboxylic acids is 2. The molecule has 3 rings (SSSR count). The van der Waals surface area contributed by atoms with Crippen LogP contribution in [0.3, 0.4) is 0 Å². The number of imidazole rings is 1. The summed E-state index contributed by atoms with van der Waals surface area (Å²) in [6, 6.07) is 5.28. The van der Waals surface area contributed by atoms with E-state index in [1.54, 1.807) is 0 Å². The molecule has 188 valence electrons. The van der Waals surface area contributed by atoms with Crippen molar-refractivity contribution in [3.05, 3.63) is 41.4 Å². The first-order valence-electron chi connectivity index (χ1n) is 9.89. The molecule has 1 aromatic carbocycles. The molecule has 0 bridgehead atoms. The largest absolute Gasteiger partial charge is 0.508 e. The van der Waals surface area contributed by atoms with Crippen LogP contribution in [0.4, 0.5) is 10.2 Å². The Kier molecular flexibility index (Phi) is 7.70. The van der Waals surface area contributed by atoms with Gasteiger partial charge < -0.3 is 35.6 Å². The number of phenols is 1. The molecule has 0 saturated heterocycles. The number of carboxylic acids is 2. The molecular formula is C20H21ClFN5O8. The molecule has 0 radical (unpaired) electrons. The number of aliphatic hydroxyl groups excluding tert-OH is 1. The van der Waals surface area contributed by atoms with Gasteiger partial charge in [0.25, 0.3) is 5.60 Å². The van der Waals surface area contributed by atoms with E-state index in [4.69, 9.17) is 26.8 Å². The SMILES string of the molecule is CO[C@H](COC(Cc1cccc(O)c1)(C(=O)O)C(=O)O)[C@@H](O)[C@H](F)n1cnc2c(N)nc(Cl)nc21. The first-order chi connectivity index (χ1) is 16.5. The number of aliphatic hydroxyl groups is 1. The van der Waals surface area contributed by atoms with Crippen LogP contribution in [-0.4, -0.2) is 83.4 Å². The van der Waals surface area contributed by atoms with Crippen LogP contribution in [0.1, 0.15) is 11.9 Å². The molecule has 0 aliphatic carbocycles. The molecule has 35 heavy (non-hydrogen) atoms. The highest BCUT2D eigenvalue weighted by atomic mass is 35.5. The molecule has 6 N–H and O–H groups in total. The Morgan fingerprint density at radius 1 is 1.29 bits per heavy atom. The summed E-state index contributed by atoms with van der Waals surface area (Å²) >= 11 is 5.76. The van der Waals surface area contributed by atoms with E-state index in [0.717, 1.165) is 18.0 Å². The first-order valence-corrected chi connectivity index (χ1v) is 10.3. The van der Waals surface area contributed by atoms with Gasteiger partial charge in [0, 0.05) is 13.5 Å². The molecule has 15 heteroatoms. The molecule has 2 heterocycles. The van der Waals surface area contributed by atoms with E-state index in [0.29, 0.717) is 0 Å². The minimum absolute atomic E-state index is 0.0244. The van der Waals surface area contributed by atoms with Crippen molar-refractivity contribution < 1.29 is 43.9 Å². The van der Waals surface area contributed by atoms with Crippen LogP contribution in [0.15, 0.2) is 30.6 Å². The van der Waals surface area contributed by atoms with Gasteiger partial charge in [0.15, 0.2) is 11.5 Å². The number of phenolic OH excluding ortho intramolecular Hbond substituents is 1. The van der Waals surface area contributed by atoms with E-state index in [1.165, 1.54) is 24.3 Å². The maximum Gasteiger partial charge on any atom is 0.348 e. The minimum Gasteiger partial charge on any atom is -0.508 e. The molecule has 0 aliphatic heterocycles. The van der Waals surface area contributed by atoms with Crippen molar-refractivity contribution in [3.63, 3.8) is 0 Å². The summed E-state index contributed by atoms with van der Waals surface area (Å²) in [5, 5.41) is 39.3. The Hall–Kier alpha value is -3.59. The molecular weight excluding hydrogens is 493 g/mol. The van der Waals surface area contributed by atoms with Gasteiger partial charge in [-0.3, -0.25) is 4.57 Å². The normalized spacial score (nSPS) is 14.5. The maximum absolute atomic E-state index is 15.3. The maximum atomic E-state index is 15.3. The van der Waals surface area contributed by atoms with Crippen molar-refractivity contribution in [2.45, 2.75) is 30.5 Å². The van der Waals surface area contributed by atoms with Gasteiger partial charge in [-0.2, -0.15) is 9.97 Å². The number of carboxylic acid groups (broad SMARTS) is 2. The van der Waals surface area contributed by atoms with Crippen LogP contribution < -0.4 is 5.73 Å². The van der Waals surface area contributed by atoms with E-state index in [2.05, 4.69) is 15.0 Å². The second kappa shape index (κ2) is 10.4. The van der Waals surface area contributed by atoms with E-state index >= 15 is 4.39 Å². The highest BCUT2D eigenvalue weighted by Gasteiger charge is 2.49. The highest BCUT2D eigenvalue weighted by molar-refractivity contribution is 6.28. The quantitative estimate of drug-likeness (QED) is 0.178. The molecule has 2 aromatic heterocycles. The predicted octanol–water partition coefficient (Wildman–Crippen LogP) is 0.779. The van der Waals surface area contributed by atoms with Gasteiger partial charge in [0.1, 0.15) is 23.5 Å². The lowest BCUT2D eigenvalue weighted by atomic mass is 9.94. The summed E-state index contributed by atoms with van der Waals surface area (Å²) in [5.74, 6) is -4.03. The number of nitrogen functional groups attached to an aromatic ring is 1. The van der Waals surface area contributed by atoms with Crippen molar-refractivity contribution in [2.75, 3.05) is 19.5 Å². The number of methoxy groups -OCH3 is 1. The second-order valence-corrected chi connectivity index (χ2v) is 7.77. The van der Waals surface area contributed by atoms with Crippen LogP contribution >= 0.6 is 11.6 Å². The third-order valence-corrected chi connectivity index (χ3v) is 5.37. The van der Waals surface area contributed by atoms with Crippen LogP contribution in [0.2, 0.25) is 5.28 Å². The van der Waals surface area contributed by atoms with Gasteiger partial charge in [-0.25, -0.2) is 19.0 Å². The number of benzene rings is 1. The van der Waals surface area contributed by atoms with Crippen LogP contribution in [0, 0.1) is 0 Å². The lowest BCUT2D eigenvalue weighted by Gasteiger charge is -2.30. The lowest BCUT2D eigenvalue weighted by Crippen LogP contribution is -2.53. The number of carbonyl (C=O) groups is 2. The zero-order valence-corrected chi connectivity index (χ0v) is 18.8. The molecule has 0 fully saturated rings. The first kappa shape index (κ1) is 26.0. The van der Waals surface area contributed by atoms with Crippen molar-refractivity contribution in [1.82, 2.24) is 19.5 Å². The zero-order chi connectivity index (χ0) is 25.9. The topological polar surface area (TPSA) is 203 Å². The Morgan fingerprint density at radius 2 is 1.97 bits per heavy atom. The molecule has 0 spiro atoms. The standard InChI is InChI=1S/C20H21ClFN5O8/c1-34-11(13(29)14(22)27-8-24-12-15(23)25-19(21)26-16(12)27)7-35-20(17(30)31,18(32)33)6-9-3-2-4-10(28)5-9/h2-5,8,11,13-14,28-29H,6-7H2,1H3,(H,30,31)(H,32,33)(H2,23,25,26)/t11-,13-,14-/m1/s1. The molecule has 3 atom stereocenters. The number of nitrogens with two attached hydrogens (primary N) is 1. The summed E-state index contributed by atoms with van der Waals surface area (Å²) in [4.78, 5) is 35.3. The van der Waals surface area contributed by atoms with Gasteiger partial charge in [0.05, 0.1) is 12.9 Å². The van der Waals surface area contributed by atoms with Crippen LogP contribution in [0.25, 0.3) is 11.2 Å². The number of alkyl halides is 1. The smallest absolute Gasteiger partial charge is 0.348 e. The second-order valence-electron chi connectivity index (χ2n) is 7.43. The number of halogens is 2. The third-order valence-electron chi connectivity index (χ3n) is 5.20. The van der Waals surface area contributed by atoms with Crippen molar-refractivity contribution in [2.24, 2.45) is 0 Å². The number of fused-ring (bicyclic) bond motifs is 1. The van der Waals surface area contributed by atoms with E-state index in [-0.39, 0.29) is 33.6 Å². The Morgan fingerprint density at radius 3 is 2.57 bits per heavy atom. The van der Waals surface area contributed by atoms with E-state index in [9.17, 15) is 30.0 Å². The van der Waals surface area contributed by atoms with Crippen molar-refractivity contribution in [3.8, 4) is 5.75 Å². The molecule has 0 aliphatic rings. The number of hydrogen-bond acceptors (Lipinski definition) is 10. The monoisotopic (exact) mass is 513 g/mol. The Bertz CT molecular complexity index is 1230. The predicted molar refractivity (Wildman–Crippen MR) is 117 cm³/mol. The van der Waals surface area contributed by atoms with Crippen molar-refractivity contribution >= 4 is 40.5 Å². The highest BCUT2D eigenvalue weighted by Crippen LogP contribution is 2.27. The zero-order valence-electron chi connectivity index (χ0n) is 18.1. The number of aromatic nitrogens is 4. The third kappa shape index (κ3) is 5.24. The molecule has 0 unspecified atom stereocenters. The van der Waals surface area contributed by atoms with E-state index in [1.807, 2.05) is 0 Å². The minimum atomic E-state index is -2.83. The van der Waals surface area contributed by atoms with Gasteiger partial charge in [-0.15, -0.1) is 0 Å². The van der Waals surface area contributed by atoms with Gasteiger partial charge >= 0.3 is 11.9 Å². The van der Waals surface area contributed by atoms with Crippen LogP contribution in [-0.2, 0) is 25.5 Å². The number of aromatic hydroxyl groups is 1. The summed E-state index contributed by atoms with van der Waals surface area (Å²) in [6.45, 7) is -0.833. The molecule has 0 saturated carbocycles. The van der Waals surface area contributed by atoms with Crippen LogP contribution in [0.5, 0.6) is 5.75 Å². The fraction of sp³-hybridized carbons (Fsp3) is 0.350. The number of anilines is 1. The fourth-order valence-corrected chi connectivity index (χ4v) is 3.51. The summed E-state index contributed by atoms with van der Waals surface area (Å²) in [6.07, 6.45) is -5.46. The number of hydrogen-bond donors (Lipinski definition) is 5. The van der Waals surface area contributed by atoms with Gasteiger partial charge in [-0.1, -0.05) is 12.1 Å². The number of nitrogens with zero attached hydrogens (tertiary/aromatic N) is 4.